The van der Waals surface area contributed by atoms with Crippen LogP contribution in [0.25, 0.3) is 0 Å². The standard InChI is InChI=1S/C14H11Cl2FN2O/c15-11-6-9(2-3-10(11)14(18)20)19-7-8-1-4-13(17)12(16)5-8/h1-6,19H,7H2,(H2,18,20). The number of hydrogen-bond donors (Lipinski definition) is 2. The highest BCUT2D eigenvalue weighted by atomic mass is 35.5. The zero-order valence-electron chi connectivity index (χ0n) is 10.3. The molecule has 0 aliphatic heterocycles. The summed E-state index contributed by atoms with van der Waals surface area (Å²) in [6.45, 7) is 0.451. The Labute approximate surface area is 125 Å². The topological polar surface area (TPSA) is 55.1 Å². The Bertz CT molecular complexity index is 662. The predicted molar refractivity (Wildman–Crippen MR) is 78.7 cm³/mol. The number of nitrogens with one attached hydrogen (secondary N) is 1. The summed E-state index contributed by atoms with van der Waals surface area (Å²) in [5, 5.41) is 3.45. The Kier molecular flexibility index (Phi) is 4.47. The van der Waals surface area contributed by atoms with Gasteiger partial charge >= 0.3 is 0 Å². The maximum Gasteiger partial charge on any atom is 0.250 e. The van der Waals surface area contributed by atoms with E-state index in [0.717, 1.165) is 11.3 Å². The van der Waals surface area contributed by atoms with Crippen LogP contribution in [0.2, 0.25) is 10.0 Å². The van der Waals surface area contributed by atoms with E-state index in [2.05, 4.69) is 5.32 Å². The summed E-state index contributed by atoms with van der Waals surface area (Å²) < 4.78 is 13.0. The van der Waals surface area contributed by atoms with Crippen molar-refractivity contribution in [3.05, 3.63) is 63.4 Å². The highest BCUT2D eigenvalue weighted by Crippen LogP contribution is 2.22. The number of hydrogen-bond acceptors (Lipinski definition) is 2. The molecule has 6 heteroatoms. The van der Waals surface area contributed by atoms with Gasteiger partial charge in [-0.05, 0) is 35.9 Å². The van der Waals surface area contributed by atoms with Crippen LogP contribution in [0.5, 0.6) is 0 Å². The van der Waals surface area contributed by atoms with Crippen LogP contribution in [-0.4, -0.2) is 5.91 Å². The molecule has 0 aliphatic carbocycles. The van der Waals surface area contributed by atoms with E-state index in [9.17, 15) is 9.18 Å². The molecule has 0 saturated carbocycles. The number of anilines is 1. The summed E-state index contributed by atoms with van der Waals surface area (Å²) in [4.78, 5) is 11.0. The Balaban J connectivity index is 2.09. The summed E-state index contributed by atoms with van der Waals surface area (Å²) in [5.41, 5.74) is 6.98. The van der Waals surface area contributed by atoms with E-state index in [0.29, 0.717) is 6.54 Å². The molecule has 0 bridgehead atoms. The van der Waals surface area contributed by atoms with Crippen LogP contribution in [-0.2, 0) is 6.54 Å². The van der Waals surface area contributed by atoms with Crippen LogP contribution in [0.4, 0.5) is 10.1 Å². The number of primary amides is 1. The number of carbonyl (C=O) groups is 1. The van der Waals surface area contributed by atoms with Gasteiger partial charge in [0.2, 0.25) is 5.91 Å². The largest absolute Gasteiger partial charge is 0.381 e. The van der Waals surface area contributed by atoms with Crippen molar-refractivity contribution in [1.29, 1.82) is 0 Å². The molecule has 0 heterocycles. The average Bonchev–Trinajstić information content (AvgIpc) is 2.40. The van der Waals surface area contributed by atoms with Gasteiger partial charge < -0.3 is 11.1 Å². The SMILES string of the molecule is NC(=O)c1ccc(NCc2ccc(F)c(Cl)c2)cc1Cl. The van der Waals surface area contributed by atoms with Crippen molar-refractivity contribution >= 4 is 34.8 Å². The third-order valence-electron chi connectivity index (χ3n) is 2.72. The van der Waals surface area contributed by atoms with Gasteiger partial charge in [-0.2, -0.15) is 0 Å². The van der Waals surface area contributed by atoms with Gasteiger partial charge in [0.15, 0.2) is 0 Å². The number of amides is 1. The lowest BCUT2D eigenvalue weighted by Gasteiger charge is -2.09. The molecule has 104 valence electrons. The molecule has 0 unspecified atom stereocenters. The van der Waals surface area contributed by atoms with Crippen LogP contribution < -0.4 is 11.1 Å². The monoisotopic (exact) mass is 312 g/mol. The van der Waals surface area contributed by atoms with E-state index < -0.39 is 11.7 Å². The van der Waals surface area contributed by atoms with E-state index in [1.807, 2.05) is 0 Å². The van der Waals surface area contributed by atoms with Crippen molar-refractivity contribution in [2.24, 2.45) is 5.73 Å². The van der Waals surface area contributed by atoms with Gasteiger partial charge in [-0.1, -0.05) is 29.3 Å². The molecule has 2 aromatic carbocycles. The summed E-state index contributed by atoms with van der Waals surface area (Å²) in [7, 11) is 0. The molecular formula is C14H11Cl2FN2O. The zero-order chi connectivity index (χ0) is 14.7. The van der Waals surface area contributed by atoms with Gasteiger partial charge in [0.25, 0.3) is 0 Å². The van der Waals surface area contributed by atoms with Crippen molar-refractivity contribution in [3.8, 4) is 0 Å². The van der Waals surface area contributed by atoms with E-state index in [1.54, 1.807) is 30.3 Å². The molecule has 0 atom stereocenters. The molecule has 0 radical (unpaired) electrons. The molecule has 0 spiro atoms. The molecule has 1 amide bonds. The minimum absolute atomic E-state index is 0.0754. The second-order valence-electron chi connectivity index (χ2n) is 4.16. The van der Waals surface area contributed by atoms with Crippen molar-refractivity contribution in [2.45, 2.75) is 6.54 Å². The summed E-state index contributed by atoms with van der Waals surface area (Å²) >= 11 is 11.6. The maximum atomic E-state index is 13.0. The van der Waals surface area contributed by atoms with Gasteiger partial charge in [0.05, 0.1) is 15.6 Å². The molecule has 0 fully saturated rings. The lowest BCUT2D eigenvalue weighted by atomic mass is 10.2. The lowest BCUT2D eigenvalue weighted by Crippen LogP contribution is -2.11. The Morgan fingerprint density at radius 3 is 2.50 bits per heavy atom. The van der Waals surface area contributed by atoms with Crippen LogP contribution in [0, 0.1) is 5.82 Å². The van der Waals surface area contributed by atoms with E-state index in [-0.39, 0.29) is 15.6 Å². The first-order chi connectivity index (χ1) is 9.47. The fourth-order valence-corrected chi connectivity index (χ4v) is 2.16. The van der Waals surface area contributed by atoms with Crippen molar-refractivity contribution in [2.75, 3.05) is 5.32 Å². The molecule has 3 nitrogen and oxygen atoms in total. The van der Waals surface area contributed by atoms with Crippen molar-refractivity contribution in [1.82, 2.24) is 0 Å². The Hall–Kier alpha value is -1.78. The fraction of sp³-hybridized carbons (Fsp3) is 0.0714. The van der Waals surface area contributed by atoms with Crippen molar-refractivity contribution < 1.29 is 9.18 Å². The maximum absolute atomic E-state index is 13.0. The smallest absolute Gasteiger partial charge is 0.250 e. The molecule has 0 aliphatic rings. The lowest BCUT2D eigenvalue weighted by molar-refractivity contribution is 0.100. The van der Waals surface area contributed by atoms with Gasteiger partial charge in [-0.3, -0.25) is 4.79 Å². The van der Waals surface area contributed by atoms with Crippen LogP contribution in [0.3, 0.4) is 0 Å². The summed E-state index contributed by atoms with van der Waals surface area (Å²) in [6.07, 6.45) is 0. The summed E-state index contributed by atoms with van der Waals surface area (Å²) in [5.74, 6) is -1.03. The van der Waals surface area contributed by atoms with Gasteiger partial charge in [-0.25, -0.2) is 4.39 Å². The number of nitrogens with two attached hydrogens (primary N) is 1. The fourth-order valence-electron chi connectivity index (χ4n) is 1.68. The molecule has 2 aromatic rings. The first kappa shape index (κ1) is 14.6. The summed E-state index contributed by atoms with van der Waals surface area (Å²) in [6, 6.07) is 9.33. The third-order valence-corrected chi connectivity index (χ3v) is 3.32. The minimum Gasteiger partial charge on any atom is -0.381 e. The van der Waals surface area contributed by atoms with Crippen LogP contribution in [0.15, 0.2) is 36.4 Å². The molecule has 20 heavy (non-hydrogen) atoms. The van der Waals surface area contributed by atoms with Crippen molar-refractivity contribution in [3.63, 3.8) is 0 Å². The number of benzene rings is 2. The van der Waals surface area contributed by atoms with Crippen LogP contribution >= 0.6 is 23.2 Å². The number of rotatable bonds is 4. The van der Waals surface area contributed by atoms with Crippen LogP contribution in [0.1, 0.15) is 15.9 Å². The van der Waals surface area contributed by atoms with E-state index >= 15 is 0 Å². The predicted octanol–water partition coefficient (Wildman–Crippen LogP) is 3.84. The van der Waals surface area contributed by atoms with Gasteiger partial charge in [0, 0.05) is 12.2 Å². The second kappa shape index (κ2) is 6.11. The molecule has 3 N–H and O–H groups in total. The quantitative estimate of drug-likeness (QED) is 0.901. The zero-order valence-corrected chi connectivity index (χ0v) is 11.8. The average molecular weight is 313 g/mol. The highest BCUT2D eigenvalue weighted by Gasteiger charge is 2.07. The Morgan fingerprint density at radius 2 is 1.90 bits per heavy atom. The first-order valence-electron chi connectivity index (χ1n) is 5.74. The van der Waals surface area contributed by atoms with E-state index in [1.165, 1.54) is 6.07 Å². The normalized spacial score (nSPS) is 10.3. The highest BCUT2D eigenvalue weighted by molar-refractivity contribution is 6.34. The minimum atomic E-state index is -0.577. The number of halogens is 3. The van der Waals surface area contributed by atoms with Gasteiger partial charge in [-0.15, -0.1) is 0 Å². The molecule has 2 rings (SSSR count). The van der Waals surface area contributed by atoms with E-state index in [4.69, 9.17) is 28.9 Å². The number of carbonyl (C=O) groups excluding carboxylic acids is 1. The third kappa shape index (κ3) is 3.40. The first-order valence-corrected chi connectivity index (χ1v) is 6.50. The second-order valence-corrected chi connectivity index (χ2v) is 4.98. The molecule has 0 aromatic heterocycles. The van der Waals surface area contributed by atoms with Gasteiger partial charge in [0.1, 0.15) is 5.82 Å². The Morgan fingerprint density at radius 1 is 1.15 bits per heavy atom. The molecular weight excluding hydrogens is 302 g/mol. The molecule has 0 saturated heterocycles.